The summed E-state index contributed by atoms with van der Waals surface area (Å²) in [6.07, 6.45) is 3.80. The minimum absolute atomic E-state index is 0.00698. The maximum atomic E-state index is 12.6. The number of aromatic amines is 1. The number of sulfonamides is 1. The molecule has 2 heterocycles. The van der Waals surface area contributed by atoms with E-state index in [1.165, 1.54) is 6.26 Å². The molecule has 3 aromatic rings. The van der Waals surface area contributed by atoms with Crippen LogP contribution in [-0.2, 0) is 27.8 Å². The van der Waals surface area contributed by atoms with Crippen molar-refractivity contribution in [1.82, 2.24) is 9.29 Å². The molecule has 0 spiro atoms. The molecule has 0 radical (unpaired) electrons. The van der Waals surface area contributed by atoms with Crippen molar-refractivity contribution in [1.29, 1.82) is 0 Å². The first-order chi connectivity index (χ1) is 13.9. The van der Waals surface area contributed by atoms with Gasteiger partial charge in [-0.05, 0) is 60.0 Å². The average Bonchev–Trinajstić information content (AvgIpc) is 3.42. The molecule has 7 heteroatoms. The Hall–Kier alpha value is -2.64. The fraction of sp³-hybridized carbons (Fsp3) is 0.318. The molecule has 1 amide bonds. The van der Waals surface area contributed by atoms with Gasteiger partial charge in [0.05, 0.1) is 12.2 Å². The summed E-state index contributed by atoms with van der Waals surface area (Å²) in [5, 5.41) is 3.99. The SMILES string of the molecule is CS(=O)(=O)N(Cc1ccc2[nH]c(C3Cc4ccccc4NC3=O)cc2c1)C1CC1. The monoisotopic (exact) mass is 409 g/mol. The summed E-state index contributed by atoms with van der Waals surface area (Å²) in [6.45, 7) is 0.386. The molecule has 1 atom stereocenters. The molecule has 1 aliphatic heterocycles. The Morgan fingerprint density at radius 1 is 1.10 bits per heavy atom. The largest absolute Gasteiger partial charge is 0.358 e. The number of amides is 1. The number of nitrogens with one attached hydrogen (secondary N) is 2. The smallest absolute Gasteiger partial charge is 0.233 e. The number of nitrogens with zero attached hydrogens (tertiary/aromatic N) is 1. The highest BCUT2D eigenvalue weighted by atomic mass is 32.2. The Kier molecular flexibility index (Phi) is 4.26. The number of aromatic nitrogens is 1. The molecule has 1 aliphatic carbocycles. The Morgan fingerprint density at radius 3 is 2.66 bits per heavy atom. The van der Waals surface area contributed by atoms with Gasteiger partial charge in [-0.1, -0.05) is 24.3 Å². The first-order valence-corrected chi connectivity index (χ1v) is 11.7. The lowest BCUT2D eigenvalue weighted by atomic mass is 9.91. The van der Waals surface area contributed by atoms with Crippen molar-refractivity contribution in [2.24, 2.45) is 0 Å². The van der Waals surface area contributed by atoms with Crippen LogP contribution in [0.1, 0.15) is 35.6 Å². The number of fused-ring (bicyclic) bond motifs is 2. The average molecular weight is 410 g/mol. The number of anilines is 1. The summed E-state index contributed by atoms with van der Waals surface area (Å²) < 4.78 is 25.8. The third-order valence-corrected chi connectivity index (χ3v) is 7.09. The van der Waals surface area contributed by atoms with E-state index in [1.807, 2.05) is 48.5 Å². The lowest BCUT2D eigenvalue weighted by molar-refractivity contribution is -0.117. The van der Waals surface area contributed by atoms with Crippen molar-refractivity contribution in [2.45, 2.75) is 37.8 Å². The van der Waals surface area contributed by atoms with Crippen molar-refractivity contribution < 1.29 is 13.2 Å². The van der Waals surface area contributed by atoms with Crippen LogP contribution in [0.3, 0.4) is 0 Å². The minimum Gasteiger partial charge on any atom is -0.358 e. The summed E-state index contributed by atoms with van der Waals surface area (Å²) in [4.78, 5) is 16.0. The zero-order chi connectivity index (χ0) is 20.2. The maximum absolute atomic E-state index is 12.6. The number of H-pyrrole nitrogens is 1. The van der Waals surface area contributed by atoms with Gasteiger partial charge in [-0.25, -0.2) is 8.42 Å². The van der Waals surface area contributed by atoms with Crippen molar-refractivity contribution in [2.75, 3.05) is 11.6 Å². The van der Waals surface area contributed by atoms with Crippen LogP contribution in [0.5, 0.6) is 0 Å². The van der Waals surface area contributed by atoms with E-state index in [0.29, 0.717) is 13.0 Å². The second-order valence-electron chi connectivity index (χ2n) is 8.09. The lowest BCUT2D eigenvalue weighted by Gasteiger charge is -2.23. The molecule has 0 saturated heterocycles. The van der Waals surface area contributed by atoms with E-state index >= 15 is 0 Å². The van der Waals surface area contributed by atoms with Gasteiger partial charge in [0.2, 0.25) is 15.9 Å². The van der Waals surface area contributed by atoms with Crippen LogP contribution in [0.4, 0.5) is 5.69 Å². The third-order valence-electron chi connectivity index (χ3n) is 5.82. The molecule has 1 unspecified atom stereocenters. The fourth-order valence-electron chi connectivity index (χ4n) is 4.15. The highest BCUT2D eigenvalue weighted by Crippen LogP contribution is 2.34. The molecule has 29 heavy (non-hydrogen) atoms. The van der Waals surface area contributed by atoms with Crippen molar-refractivity contribution >= 4 is 32.5 Å². The highest BCUT2D eigenvalue weighted by Gasteiger charge is 2.35. The van der Waals surface area contributed by atoms with E-state index in [-0.39, 0.29) is 17.9 Å². The van der Waals surface area contributed by atoms with Crippen LogP contribution < -0.4 is 5.32 Å². The molecule has 2 aromatic carbocycles. The van der Waals surface area contributed by atoms with Gasteiger partial charge in [-0.3, -0.25) is 4.79 Å². The van der Waals surface area contributed by atoms with Crippen molar-refractivity contribution in [3.05, 3.63) is 65.4 Å². The van der Waals surface area contributed by atoms with Crippen LogP contribution in [0.2, 0.25) is 0 Å². The van der Waals surface area contributed by atoms with Gasteiger partial charge in [-0.15, -0.1) is 0 Å². The Bertz CT molecular complexity index is 1210. The zero-order valence-electron chi connectivity index (χ0n) is 16.2. The molecule has 0 bridgehead atoms. The molecular formula is C22H23N3O3S. The van der Waals surface area contributed by atoms with Gasteiger partial charge < -0.3 is 10.3 Å². The molecule has 150 valence electrons. The van der Waals surface area contributed by atoms with Crippen LogP contribution >= 0.6 is 0 Å². The minimum atomic E-state index is -3.23. The van der Waals surface area contributed by atoms with Crippen molar-refractivity contribution in [3.63, 3.8) is 0 Å². The van der Waals surface area contributed by atoms with Gasteiger partial charge in [0.25, 0.3) is 0 Å². The summed E-state index contributed by atoms with van der Waals surface area (Å²) in [6, 6.07) is 16.0. The molecule has 1 saturated carbocycles. The van der Waals surface area contributed by atoms with Crippen molar-refractivity contribution in [3.8, 4) is 0 Å². The molecule has 2 N–H and O–H groups in total. The molecular weight excluding hydrogens is 386 g/mol. The van der Waals surface area contributed by atoms with Gasteiger partial charge >= 0.3 is 0 Å². The van der Waals surface area contributed by atoms with Crippen LogP contribution in [0, 0.1) is 0 Å². The number of hydrogen-bond acceptors (Lipinski definition) is 3. The van der Waals surface area contributed by atoms with Crippen LogP contribution in [0.25, 0.3) is 10.9 Å². The number of benzene rings is 2. The zero-order valence-corrected chi connectivity index (χ0v) is 17.0. The Morgan fingerprint density at radius 2 is 1.90 bits per heavy atom. The third kappa shape index (κ3) is 3.56. The second-order valence-corrected chi connectivity index (χ2v) is 10.0. The number of carbonyl (C=O) groups excluding carboxylic acids is 1. The van der Waals surface area contributed by atoms with Gasteiger partial charge in [0.1, 0.15) is 0 Å². The highest BCUT2D eigenvalue weighted by molar-refractivity contribution is 7.88. The topological polar surface area (TPSA) is 82.3 Å². The number of carbonyl (C=O) groups is 1. The summed E-state index contributed by atoms with van der Waals surface area (Å²) in [5.74, 6) is -0.271. The van der Waals surface area contributed by atoms with Crippen LogP contribution in [0.15, 0.2) is 48.5 Å². The number of rotatable bonds is 5. The van der Waals surface area contributed by atoms with E-state index < -0.39 is 10.0 Å². The van der Waals surface area contributed by atoms with Gasteiger partial charge in [0.15, 0.2) is 0 Å². The lowest BCUT2D eigenvalue weighted by Crippen LogP contribution is -2.31. The maximum Gasteiger partial charge on any atom is 0.233 e. The van der Waals surface area contributed by atoms with E-state index in [2.05, 4.69) is 10.3 Å². The quantitative estimate of drug-likeness (QED) is 0.678. The molecule has 6 nitrogen and oxygen atoms in total. The van der Waals surface area contributed by atoms with Gasteiger partial charge in [0, 0.05) is 29.5 Å². The molecule has 1 aromatic heterocycles. The normalized spacial score (nSPS) is 19.4. The number of hydrogen-bond donors (Lipinski definition) is 2. The Balaban J connectivity index is 1.43. The first kappa shape index (κ1) is 18.4. The molecule has 5 rings (SSSR count). The number of para-hydroxylation sites is 1. The summed E-state index contributed by atoms with van der Waals surface area (Å²) in [7, 11) is -3.23. The molecule has 1 fully saturated rings. The van der Waals surface area contributed by atoms with E-state index in [0.717, 1.165) is 46.3 Å². The summed E-state index contributed by atoms with van der Waals surface area (Å²) in [5.41, 5.74) is 4.80. The fourth-order valence-corrected chi connectivity index (χ4v) is 5.29. The predicted molar refractivity (Wildman–Crippen MR) is 113 cm³/mol. The van der Waals surface area contributed by atoms with Crippen LogP contribution in [-0.4, -0.2) is 35.9 Å². The van der Waals surface area contributed by atoms with E-state index in [4.69, 9.17) is 0 Å². The second kappa shape index (κ2) is 6.71. The first-order valence-electron chi connectivity index (χ1n) is 9.85. The predicted octanol–water partition coefficient (Wildman–Crippen LogP) is 3.37. The van der Waals surface area contributed by atoms with Gasteiger partial charge in [-0.2, -0.15) is 4.31 Å². The molecule has 2 aliphatic rings. The van der Waals surface area contributed by atoms with E-state index in [9.17, 15) is 13.2 Å². The Labute approximate surface area is 170 Å². The van der Waals surface area contributed by atoms with E-state index in [1.54, 1.807) is 4.31 Å². The summed E-state index contributed by atoms with van der Waals surface area (Å²) >= 11 is 0. The standard InChI is InChI=1S/C22H23N3O3S/c1-29(27,28)25(17-7-8-17)13-14-6-9-20-16(10-14)12-21(23-20)18-11-15-4-2-3-5-19(15)24-22(18)26/h2-6,9-10,12,17-18,23H,7-8,11,13H2,1H3,(H,24,26).